The fourth-order valence-corrected chi connectivity index (χ4v) is 5.11. The molecule has 3 aromatic carbocycles. The summed E-state index contributed by atoms with van der Waals surface area (Å²) in [5.74, 6) is -0.949. The van der Waals surface area contributed by atoms with E-state index in [2.05, 4.69) is 15.5 Å². The van der Waals surface area contributed by atoms with Crippen LogP contribution in [0, 0.1) is 12.7 Å². The maximum Gasteiger partial charge on any atom is 0.264 e. The Morgan fingerprint density at radius 3 is 2.57 bits per heavy atom. The Kier molecular flexibility index (Phi) is 7.70. The number of halogens is 2. The van der Waals surface area contributed by atoms with E-state index in [0.717, 1.165) is 17.0 Å². The van der Waals surface area contributed by atoms with E-state index in [9.17, 15) is 17.6 Å². The minimum absolute atomic E-state index is 0.0803. The second-order valence-corrected chi connectivity index (χ2v) is 10.2. The number of ether oxygens (including phenoxy) is 1. The van der Waals surface area contributed by atoms with Crippen LogP contribution < -0.4 is 14.5 Å². The van der Waals surface area contributed by atoms with Crippen molar-refractivity contribution in [3.8, 4) is 5.75 Å². The summed E-state index contributed by atoms with van der Waals surface area (Å²) < 4.78 is 47.2. The summed E-state index contributed by atoms with van der Waals surface area (Å²) in [4.78, 5) is 16.9. The molecular formula is C26H22ClFN4O4S. The van der Waals surface area contributed by atoms with Gasteiger partial charge in [-0.1, -0.05) is 41.4 Å². The van der Waals surface area contributed by atoms with Crippen molar-refractivity contribution < 1.29 is 22.3 Å². The van der Waals surface area contributed by atoms with Crippen molar-refractivity contribution in [1.29, 1.82) is 0 Å². The number of hydrogen-bond donors (Lipinski definition) is 1. The van der Waals surface area contributed by atoms with Crippen LogP contribution in [0.25, 0.3) is 10.9 Å². The van der Waals surface area contributed by atoms with Crippen LogP contribution >= 0.6 is 11.6 Å². The summed E-state index contributed by atoms with van der Waals surface area (Å²) in [6.45, 7) is 1.10. The number of nitrogens with zero attached hydrogens (tertiary/aromatic N) is 3. The van der Waals surface area contributed by atoms with Crippen molar-refractivity contribution in [3.05, 3.63) is 94.9 Å². The second kappa shape index (κ2) is 10.9. The van der Waals surface area contributed by atoms with Crippen molar-refractivity contribution in [3.63, 3.8) is 0 Å². The molecule has 0 atom stereocenters. The van der Waals surface area contributed by atoms with Gasteiger partial charge in [-0.25, -0.2) is 23.2 Å². The molecule has 0 spiro atoms. The molecule has 11 heteroatoms. The predicted molar refractivity (Wildman–Crippen MR) is 141 cm³/mol. The first-order chi connectivity index (χ1) is 17.7. The summed E-state index contributed by atoms with van der Waals surface area (Å²) in [7, 11) is -2.72. The maximum absolute atomic E-state index is 14.6. The van der Waals surface area contributed by atoms with Gasteiger partial charge in [0.2, 0.25) is 0 Å². The largest absolute Gasteiger partial charge is 0.497 e. The normalized spacial score (nSPS) is 11.6. The van der Waals surface area contributed by atoms with Crippen LogP contribution in [-0.4, -0.2) is 39.2 Å². The van der Waals surface area contributed by atoms with Crippen LogP contribution in [0.4, 0.5) is 10.1 Å². The average Bonchev–Trinajstić information content (AvgIpc) is 2.88. The summed E-state index contributed by atoms with van der Waals surface area (Å²) in [6.07, 6.45) is 1.29. The Labute approximate surface area is 218 Å². The lowest BCUT2D eigenvalue weighted by Crippen LogP contribution is -2.40. The Balaban J connectivity index is 1.56. The number of amides is 1. The van der Waals surface area contributed by atoms with Crippen LogP contribution in [0.2, 0.25) is 5.15 Å². The van der Waals surface area contributed by atoms with Gasteiger partial charge in [-0.3, -0.25) is 9.10 Å². The summed E-state index contributed by atoms with van der Waals surface area (Å²) >= 11 is 6.25. The van der Waals surface area contributed by atoms with Gasteiger partial charge < -0.3 is 4.74 Å². The van der Waals surface area contributed by atoms with Gasteiger partial charge >= 0.3 is 0 Å². The highest BCUT2D eigenvalue weighted by atomic mass is 35.5. The van der Waals surface area contributed by atoms with Crippen molar-refractivity contribution in [2.45, 2.75) is 11.8 Å². The molecular weight excluding hydrogens is 519 g/mol. The average molecular weight is 541 g/mol. The van der Waals surface area contributed by atoms with Crippen molar-refractivity contribution in [2.75, 3.05) is 18.0 Å². The molecule has 0 unspecified atom stereocenters. The second-order valence-electron chi connectivity index (χ2n) is 8.00. The van der Waals surface area contributed by atoms with Crippen molar-refractivity contribution in [1.82, 2.24) is 10.4 Å². The number of hydrogen-bond acceptors (Lipinski definition) is 6. The van der Waals surface area contributed by atoms with Gasteiger partial charge in [-0.15, -0.1) is 0 Å². The SMILES string of the molecule is COc1ccc2cc(/C=N/NC(=O)CN(c3ccccc3F)S(=O)(=O)c3ccc(C)cc3)c(Cl)nc2c1. The third-order valence-corrected chi connectivity index (χ3v) is 7.49. The number of fused-ring (bicyclic) bond motifs is 1. The smallest absolute Gasteiger partial charge is 0.264 e. The Morgan fingerprint density at radius 2 is 1.86 bits per heavy atom. The molecule has 0 aliphatic rings. The first kappa shape index (κ1) is 26.1. The van der Waals surface area contributed by atoms with E-state index in [0.29, 0.717) is 21.1 Å². The standard InChI is InChI=1S/C26H22ClFN4O4S/c1-17-7-11-21(12-8-17)37(34,35)32(24-6-4-3-5-22(24)28)16-25(33)31-29-15-19-13-18-9-10-20(36-2)14-23(18)30-26(19)27/h3-15H,16H2,1-2H3,(H,31,33)/b29-15+. The van der Waals surface area contributed by atoms with E-state index in [-0.39, 0.29) is 15.7 Å². The molecule has 4 rings (SSSR count). The topological polar surface area (TPSA) is 101 Å². The maximum atomic E-state index is 14.6. The molecule has 1 aromatic heterocycles. The number of anilines is 1. The predicted octanol–water partition coefficient (Wildman–Crippen LogP) is 4.69. The first-order valence-electron chi connectivity index (χ1n) is 11.0. The van der Waals surface area contributed by atoms with Gasteiger partial charge in [0.1, 0.15) is 23.3 Å². The zero-order chi connectivity index (χ0) is 26.6. The van der Waals surface area contributed by atoms with Gasteiger partial charge in [0.05, 0.1) is 29.4 Å². The molecule has 0 bridgehead atoms. The quantitative estimate of drug-likeness (QED) is 0.198. The fraction of sp³-hybridized carbons (Fsp3) is 0.115. The molecule has 4 aromatic rings. The zero-order valence-corrected chi connectivity index (χ0v) is 21.4. The number of nitrogens with one attached hydrogen (secondary N) is 1. The highest BCUT2D eigenvalue weighted by molar-refractivity contribution is 7.92. The summed E-state index contributed by atoms with van der Waals surface area (Å²) in [5, 5.41) is 4.81. The Bertz CT molecular complexity index is 1590. The molecule has 0 radical (unpaired) electrons. The number of hydrazone groups is 1. The van der Waals surface area contributed by atoms with E-state index in [1.54, 1.807) is 43.5 Å². The molecule has 190 valence electrons. The molecule has 37 heavy (non-hydrogen) atoms. The molecule has 1 N–H and O–H groups in total. The van der Waals surface area contributed by atoms with E-state index < -0.39 is 28.3 Å². The number of rotatable bonds is 8. The number of sulfonamides is 1. The molecule has 1 amide bonds. The van der Waals surface area contributed by atoms with E-state index in [1.807, 2.05) is 6.92 Å². The fourth-order valence-electron chi connectivity index (χ4n) is 3.49. The minimum atomic E-state index is -4.26. The lowest BCUT2D eigenvalue weighted by Gasteiger charge is -2.24. The van der Waals surface area contributed by atoms with Gasteiger partial charge in [-0.05, 0) is 49.4 Å². The van der Waals surface area contributed by atoms with Crippen LogP contribution in [0.3, 0.4) is 0 Å². The van der Waals surface area contributed by atoms with Gasteiger partial charge in [-0.2, -0.15) is 5.10 Å². The number of pyridine rings is 1. The monoisotopic (exact) mass is 540 g/mol. The summed E-state index contributed by atoms with van der Waals surface area (Å²) in [6, 6.07) is 18.4. The van der Waals surface area contributed by atoms with Crippen LogP contribution in [-0.2, 0) is 14.8 Å². The van der Waals surface area contributed by atoms with Crippen LogP contribution in [0.1, 0.15) is 11.1 Å². The lowest BCUT2D eigenvalue weighted by molar-refractivity contribution is -0.119. The number of aromatic nitrogens is 1. The van der Waals surface area contributed by atoms with Gasteiger partial charge in [0.25, 0.3) is 15.9 Å². The number of methoxy groups -OCH3 is 1. The minimum Gasteiger partial charge on any atom is -0.497 e. The van der Waals surface area contributed by atoms with Crippen molar-refractivity contribution >= 4 is 50.3 Å². The highest BCUT2D eigenvalue weighted by Crippen LogP contribution is 2.26. The Morgan fingerprint density at radius 1 is 1.14 bits per heavy atom. The van der Waals surface area contributed by atoms with E-state index >= 15 is 0 Å². The molecule has 0 aliphatic carbocycles. The van der Waals surface area contributed by atoms with E-state index in [1.165, 1.54) is 36.5 Å². The highest BCUT2D eigenvalue weighted by Gasteiger charge is 2.29. The third kappa shape index (κ3) is 5.87. The molecule has 0 saturated carbocycles. The van der Waals surface area contributed by atoms with Crippen LogP contribution in [0.5, 0.6) is 5.75 Å². The lowest BCUT2D eigenvalue weighted by atomic mass is 10.1. The van der Waals surface area contributed by atoms with Crippen molar-refractivity contribution in [2.24, 2.45) is 5.10 Å². The molecule has 8 nitrogen and oxygen atoms in total. The molecule has 0 aliphatic heterocycles. The molecule has 1 heterocycles. The number of carbonyl (C=O) groups excluding carboxylic acids is 1. The van der Waals surface area contributed by atoms with Crippen LogP contribution in [0.15, 0.2) is 82.8 Å². The molecule has 0 fully saturated rings. The number of aryl methyl sites for hydroxylation is 1. The number of para-hydroxylation sites is 1. The van der Waals surface area contributed by atoms with E-state index in [4.69, 9.17) is 16.3 Å². The summed E-state index contributed by atoms with van der Waals surface area (Å²) in [5.41, 5.74) is 3.91. The first-order valence-corrected chi connectivity index (χ1v) is 12.8. The van der Waals surface area contributed by atoms with Gasteiger partial charge in [0.15, 0.2) is 0 Å². The van der Waals surface area contributed by atoms with Gasteiger partial charge in [0, 0.05) is 17.0 Å². The number of carbonyl (C=O) groups is 1. The zero-order valence-electron chi connectivity index (χ0n) is 19.9. The molecule has 0 saturated heterocycles. The third-order valence-electron chi connectivity index (χ3n) is 5.42. The number of benzene rings is 3. The Hall–Kier alpha value is -4.02.